The molecule has 4 heteroatoms. The van der Waals surface area contributed by atoms with E-state index < -0.39 is 11.1 Å². The maximum atomic E-state index is 9.77. The minimum Gasteiger partial charge on any atom is -0.389 e. The highest BCUT2D eigenvalue weighted by atomic mass is 35.5. The van der Waals surface area contributed by atoms with Crippen LogP contribution in [0, 0.1) is 0 Å². The third-order valence-electron chi connectivity index (χ3n) is 2.35. The highest BCUT2D eigenvalue weighted by Crippen LogP contribution is 2.20. The third kappa shape index (κ3) is 4.32. The van der Waals surface area contributed by atoms with Gasteiger partial charge in [-0.3, -0.25) is 0 Å². The van der Waals surface area contributed by atoms with Crippen LogP contribution in [0.1, 0.15) is 27.7 Å². The van der Waals surface area contributed by atoms with E-state index in [9.17, 15) is 5.11 Å². The molecule has 0 radical (unpaired) electrons. The van der Waals surface area contributed by atoms with E-state index >= 15 is 0 Å². The number of hydrogen-bond acceptors (Lipinski definition) is 2. The summed E-state index contributed by atoms with van der Waals surface area (Å²) in [5, 5.41) is 13.4. The van der Waals surface area contributed by atoms with E-state index in [0.29, 0.717) is 11.6 Å². The average Bonchev–Trinajstić information content (AvgIpc) is 1.98. The Morgan fingerprint density at radius 3 is 2.15 bits per heavy atom. The Kier molecular flexibility index (Phi) is 4.73. The molecule has 0 aliphatic carbocycles. The van der Waals surface area contributed by atoms with Crippen LogP contribution in [0.4, 0.5) is 0 Å². The maximum Gasteiger partial charge on any atom is 0.0767 e. The van der Waals surface area contributed by atoms with E-state index in [1.807, 2.05) is 13.8 Å². The third-order valence-corrected chi connectivity index (χ3v) is 2.96. The largest absolute Gasteiger partial charge is 0.389 e. The summed E-state index contributed by atoms with van der Waals surface area (Å²) in [6.07, 6.45) is 0. The fourth-order valence-corrected chi connectivity index (χ4v) is 0.704. The van der Waals surface area contributed by atoms with Gasteiger partial charge in [0.15, 0.2) is 0 Å². The summed E-state index contributed by atoms with van der Waals surface area (Å²) in [6, 6.07) is 0. The molecule has 0 aliphatic heterocycles. The Hall–Kier alpha value is 0.240. The highest BCUT2D eigenvalue weighted by molar-refractivity contribution is 6.36. The van der Waals surface area contributed by atoms with E-state index in [-0.39, 0.29) is 0 Å². The van der Waals surface area contributed by atoms with Crippen molar-refractivity contribution in [1.29, 1.82) is 0 Å². The van der Waals surface area contributed by atoms with Crippen LogP contribution in [0.2, 0.25) is 0 Å². The van der Waals surface area contributed by atoms with Gasteiger partial charge in [-0.2, -0.15) is 0 Å². The predicted molar refractivity (Wildman–Crippen MR) is 58.2 cm³/mol. The van der Waals surface area contributed by atoms with Gasteiger partial charge >= 0.3 is 0 Å². The van der Waals surface area contributed by atoms with Crippen LogP contribution in [0.5, 0.6) is 0 Å². The Morgan fingerprint density at radius 1 is 1.38 bits per heavy atom. The van der Waals surface area contributed by atoms with Gasteiger partial charge in [0.25, 0.3) is 0 Å². The van der Waals surface area contributed by atoms with E-state index in [0.717, 1.165) is 0 Å². The van der Waals surface area contributed by atoms with Crippen LogP contribution in [-0.2, 0) is 0 Å². The van der Waals surface area contributed by atoms with Crippen molar-refractivity contribution in [1.82, 2.24) is 5.32 Å². The lowest BCUT2D eigenvalue weighted by atomic mass is 9.86. The van der Waals surface area contributed by atoms with Gasteiger partial charge < -0.3 is 10.4 Å². The van der Waals surface area contributed by atoms with Crippen molar-refractivity contribution in [3.63, 3.8) is 0 Å². The van der Waals surface area contributed by atoms with E-state index in [4.69, 9.17) is 23.2 Å². The van der Waals surface area contributed by atoms with Crippen molar-refractivity contribution < 1.29 is 5.11 Å². The number of halogens is 2. The number of hydrogen-bond donors (Lipinski definition) is 2. The zero-order valence-corrected chi connectivity index (χ0v) is 10.00. The summed E-state index contributed by atoms with van der Waals surface area (Å²) in [4.78, 5) is 0. The molecule has 0 aromatic rings. The summed E-state index contributed by atoms with van der Waals surface area (Å²) in [7, 11) is 0. The van der Waals surface area contributed by atoms with Crippen LogP contribution in [0.3, 0.4) is 0 Å². The predicted octanol–water partition coefficient (Wildman–Crippen LogP) is 2.44. The second-order valence-electron chi connectivity index (χ2n) is 4.09. The van der Waals surface area contributed by atoms with Crippen LogP contribution < -0.4 is 5.32 Å². The van der Waals surface area contributed by atoms with Gasteiger partial charge in [0.05, 0.1) is 5.60 Å². The minimum absolute atomic E-state index is 0.410. The zero-order valence-electron chi connectivity index (χ0n) is 8.49. The SMILES string of the molecule is CC(C)(O)C(C)(C)NCC(Cl)=CCl. The van der Waals surface area contributed by atoms with Gasteiger partial charge in [-0.05, 0) is 27.7 Å². The van der Waals surface area contributed by atoms with Gasteiger partial charge in [0.2, 0.25) is 0 Å². The van der Waals surface area contributed by atoms with Crippen LogP contribution in [0.15, 0.2) is 10.6 Å². The summed E-state index contributed by atoms with van der Waals surface area (Å²) in [5.74, 6) is 0. The molecule has 0 heterocycles. The van der Waals surface area contributed by atoms with Crippen molar-refractivity contribution >= 4 is 23.2 Å². The molecule has 0 saturated carbocycles. The first-order valence-electron chi connectivity index (χ1n) is 4.13. The first-order chi connectivity index (χ1) is 5.70. The molecule has 0 saturated heterocycles. The molecule has 78 valence electrons. The topological polar surface area (TPSA) is 32.3 Å². The van der Waals surface area contributed by atoms with Crippen molar-refractivity contribution in [2.75, 3.05) is 6.54 Å². The Balaban J connectivity index is 4.20. The van der Waals surface area contributed by atoms with Gasteiger partial charge in [-0.25, -0.2) is 0 Å². The molecule has 0 unspecified atom stereocenters. The normalized spacial score (nSPS) is 14.8. The smallest absolute Gasteiger partial charge is 0.0767 e. The van der Waals surface area contributed by atoms with Crippen molar-refractivity contribution in [2.45, 2.75) is 38.8 Å². The van der Waals surface area contributed by atoms with E-state index in [1.54, 1.807) is 13.8 Å². The quantitative estimate of drug-likeness (QED) is 0.771. The van der Waals surface area contributed by atoms with Crippen molar-refractivity contribution in [2.24, 2.45) is 0 Å². The fraction of sp³-hybridized carbons (Fsp3) is 0.778. The lowest BCUT2D eigenvalue weighted by Gasteiger charge is -2.38. The van der Waals surface area contributed by atoms with Crippen molar-refractivity contribution in [3.8, 4) is 0 Å². The summed E-state index contributed by atoms with van der Waals surface area (Å²) < 4.78 is 0. The molecular formula is C9H17Cl2NO. The van der Waals surface area contributed by atoms with Gasteiger partial charge in [-0.1, -0.05) is 23.2 Å². The van der Waals surface area contributed by atoms with Crippen LogP contribution >= 0.6 is 23.2 Å². The average molecular weight is 226 g/mol. The Bertz CT molecular complexity index is 194. The van der Waals surface area contributed by atoms with Crippen LogP contribution in [0.25, 0.3) is 0 Å². The summed E-state index contributed by atoms with van der Waals surface area (Å²) in [6.45, 7) is 7.77. The molecule has 0 aromatic carbocycles. The molecule has 0 bridgehead atoms. The minimum atomic E-state index is -0.809. The van der Waals surface area contributed by atoms with E-state index in [1.165, 1.54) is 5.54 Å². The molecule has 0 atom stereocenters. The zero-order chi connectivity index (χ0) is 10.7. The molecule has 13 heavy (non-hydrogen) atoms. The second kappa shape index (κ2) is 4.65. The van der Waals surface area contributed by atoms with Crippen molar-refractivity contribution in [3.05, 3.63) is 10.6 Å². The van der Waals surface area contributed by atoms with Gasteiger partial charge in [0, 0.05) is 22.7 Å². The first kappa shape index (κ1) is 13.2. The molecule has 2 N–H and O–H groups in total. The number of aliphatic hydroxyl groups is 1. The lowest BCUT2D eigenvalue weighted by Crippen LogP contribution is -2.56. The monoisotopic (exact) mass is 225 g/mol. The molecule has 0 aromatic heterocycles. The summed E-state index contributed by atoms with van der Waals surface area (Å²) >= 11 is 11.1. The molecule has 0 rings (SSSR count). The van der Waals surface area contributed by atoms with Crippen LogP contribution in [-0.4, -0.2) is 22.8 Å². The Morgan fingerprint density at radius 2 is 1.85 bits per heavy atom. The fourth-order valence-electron chi connectivity index (χ4n) is 0.560. The molecule has 0 spiro atoms. The summed E-state index contributed by atoms with van der Waals surface area (Å²) in [5.41, 5.74) is 0.0958. The van der Waals surface area contributed by atoms with E-state index in [2.05, 4.69) is 5.32 Å². The second-order valence-corrected chi connectivity index (χ2v) is 4.80. The maximum absolute atomic E-state index is 9.77. The molecule has 0 aliphatic rings. The molecule has 0 fully saturated rings. The molecular weight excluding hydrogens is 209 g/mol. The molecule has 2 nitrogen and oxygen atoms in total. The van der Waals surface area contributed by atoms with Gasteiger partial charge in [-0.15, -0.1) is 0 Å². The highest BCUT2D eigenvalue weighted by Gasteiger charge is 2.34. The molecule has 0 amide bonds. The Labute approximate surface area is 89.9 Å². The first-order valence-corrected chi connectivity index (χ1v) is 4.94. The standard InChI is InChI=1S/C9H17Cl2NO/c1-8(2,9(3,4)13)12-6-7(11)5-10/h5,12-13H,6H2,1-4H3. The number of nitrogens with one attached hydrogen (secondary N) is 1. The van der Waals surface area contributed by atoms with Gasteiger partial charge in [0.1, 0.15) is 0 Å². The lowest BCUT2D eigenvalue weighted by molar-refractivity contribution is -0.00283. The number of rotatable bonds is 4.